The van der Waals surface area contributed by atoms with Gasteiger partial charge in [0.2, 0.25) is 0 Å². The van der Waals surface area contributed by atoms with Gasteiger partial charge >= 0.3 is 0 Å². The first-order valence-corrected chi connectivity index (χ1v) is 4.95. The Labute approximate surface area is 87.7 Å². The predicted octanol–water partition coefficient (Wildman–Crippen LogP) is 1.25. The van der Waals surface area contributed by atoms with Gasteiger partial charge in [-0.25, -0.2) is 4.39 Å². The van der Waals surface area contributed by atoms with Gasteiger partial charge in [0.15, 0.2) is 0 Å². The van der Waals surface area contributed by atoms with Crippen molar-refractivity contribution in [2.45, 2.75) is 12.5 Å². The summed E-state index contributed by atoms with van der Waals surface area (Å²) >= 11 is 0. The van der Waals surface area contributed by atoms with Crippen LogP contribution in [-0.4, -0.2) is 19.9 Å². The molecule has 1 aromatic rings. The lowest BCUT2D eigenvalue weighted by Gasteiger charge is -2.23. The van der Waals surface area contributed by atoms with E-state index >= 15 is 0 Å². The molecular formula is C11H13FN2O. The normalized spacial score (nSPS) is 19.5. The van der Waals surface area contributed by atoms with Gasteiger partial charge in [0.25, 0.3) is 0 Å². The van der Waals surface area contributed by atoms with Crippen LogP contribution in [0.3, 0.4) is 0 Å². The lowest BCUT2D eigenvalue weighted by Crippen LogP contribution is -2.30. The van der Waals surface area contributed by atoms with E-state index in [2.05, 4.69) is 10.6 Å². The summed E-state index contributed by atoms with van der Waals surface area (Å²) in [6.45, 7) is 0.755. The van der Waals surface area contributed by atoms with Gasteiger partial charge in [-0.2, -0.15) is 0 Å². The second kappa shape index (κ2) is 3.98. The highest BCUT2D eigenvalue weighted by Gasteiger charge is 2.20. The minimum atomic E-state index is -0.367. The number of nitrogens with one attached hydrogen (secondary N) is 2. The van der Waals surface area contributed by atoms with Gasteiger partial charge in [0, 0.05) is 13.6 Å². The molecular weight excluding hydrogens is 195 g/mol. The van der Waals surface area contributed by atoms with Gasteiger partial charge in [-0.05, 0) is 29.7 Å². The van der Waals surface area contributed by atoms with Crippen LogP contribution in [0.2, 0.25) is 0 Å². The molecule has 0 spiro atoms. The molecule has 0 aromatic heterocycles. The Morgan fingerprint density at radius 2 is 2.40 bits per heavy atom. The van der Waals surface area contributed by atoms with Crippen LogP contribution in [0, 0.1) is 5.82 Å². The lowest BCUT2D eigenvalue weighted by molar-refractivity contribution is -0.109. The fraction of sp³-hybridized carbons (Fsp3) is 0.364. The zero-order valence-corrected chi connectivity index (χ0v) is 8.51. The topological polar surface area (TPSA) is 41.1 Å². The fourth-order valence-electron chi connectivity index (χ4n) is 1.92. The van der Waals surface area contributed by atoms with E-state index < -0.39 is 0 Å². The molecule has 0 fully saturated rings. The molecule has 15 heavy (non-hydrogen) atoms. The van der Waals surface area contributed by atoms with Crippen molar-refractivity contribution in [3.8, 4) is 0 Å². The largest absolute Gasteiger partial charge is 0.386 e. The Hall–Kier alpha value is -1.42. The van der Waals surface area contributed by atoms with Gasteiger partial charge in [-0.1, -0.05) is 0 Å². The number of benzene rings is 1. The molecule has 0 saturated carbocycles. The van der Waals surface area contributed by atoms with Crippen LogP contribution in [-0.2, 0) is 11.2 Å². The fourth-order valence-corrected chi connectivity index (χ4v) is 1.92. The number of hydrogen-bond donors (Lipinski definition) is 2. The Morgan fingerprint density at radius 1 is 1.60 bits per heavy atom. The first-order chi connectivity index (χ1) is 7.26. The van der Waals surface area contributed by atoms with Crippen LogP contribution in [0.15, 0.2) is 12.1 Å². The Kier molecular flexibility index (Phi) is 2.68. The highest BCUT2D eigenvalue weighted by molar-refractivity contribution is 5.65. The van der Waals surface area contributed by atoms with E-state index in [1.807, 2.05) is 0 Å². The van der Waals surface area contributed by atoms with E-state index in [1.54, 1.807) is 13.1 Å². The third kappa shape index (κ3) is 1.72. The van der Waals surface area contributed by atoms with Crippen LogP contribution >= 0.6 is 0 Å². The number of halogens is 1. The van der Waals surface area contributed by atoms with Gasteiger partial charge in [0.05, 0.1) is 11.7 Å². The highest BCUT2D eigenvalue weighted by Crippen LogP contribution is 2.26. The average molecular weight is 208 g/mol. The standard InChI is InChI=1S/C11H13FN2O/c1-13-10-4-7-2-3-14-11(6-15)8(7)5-9(10)12/h4-6,11,13-14H,2-3H2,1H3. The maximum absolute atomic E-state index is 13.5. The minimum Gasteiger partial charge on any atom is -0.386 e. The molecule has 1 unspecified atom stereocenters. The molecule has 1 aromatic carbocycles. The van der Waals surface area contributed by atoms with E-state index in [0.717, 1.165) is 30.4 Å². The van der Waals surface area contributed by atoms with Gasteiger partial charge in [-0.15, -0.1) is 0 Å². The van der Waals surface area contributed by atoms with Gasteiger partial charge in [-0.3, -0.25) is 0 Å². The summed E-state index contributed by atoms with van der Waals surface area (Å²) in [5, 5.41) is 5.83. The lowest BCUT2D eigenvalue weighted by atomic mass is 9.94. The second-order valence-electron chi connectivity index (χ2n) is 3.60. The molecule has 80 valence electrons. The summed E-state index contributed by atoms with van der Waals surface area (Å²) in [6, 6.07) is 2.85. The molecule has 1 aliphatic rings. The molecule has 2 rings (SSSR count). The number of carbonyl (C=O) groups is 1. The van der Waals surface area contributed by atoms with Crippen molar-refractivity contribution in [3.63, 3.8) is 0 Å². The van der Waals surface area contributed by atoms with Crippen LogP contribution in [0.25, 0.3) is 0 Å². The third-order valence-electron chi connectivity index (χ3n) is 2.73. The maximum atomic E-state index is 13.5. The van der Waals surface area contributed by atoms with E-state index in [1.165, 1.54) is 6.07 Å². The number of fused-ring (bicyclic) bond motifs is 1. The number of aldehydes is 1. The Bertz CT molecular complexity index is 392. The average Bonchev–Trinajstić information content (AvgIpc) is 2.27. The molecule has 0 saturated heterocycles. The Balaban J connectivity index is 2.49. The van der Waals surface area contributed by atoms with E-state index in [4.69, 9.17) is 0 Å². The number of carbonyl (C=O) groups excluding carboxylic acids is 1. The van der Waals surface area contributed by atoms with E-state index in [9.17, 15) is 9.18 Å². The number of rotatable bonds is 2. The smallest absolute Gasteiger partial charge is 0.146 e. The first-order valence-electron chi connectivity index (χ1n) is 4.95. The summed E-state index contributed by atoms with van der Waals surface area (Å²) in [5.41, 5.74) is 2.28. The van der Waals surface area contributed by atoms with Crippen molar-refractivity contribution in [2.24, 2.45) is 0 Å². The SMILES string of the molecule is CNc1cc2c(cc1F)C(C=O)NCC2. The molecule has 0 aliphatic carbocycles. The number of hydrogen-bond acceptors (Lipinski definition) is 3. The number of anilines is 1. The van der Waals surface area contributed by atoms with Crippen molar-refractivity contribution in [2.75, 3.05) is 18.9 Å². The molecule has 1 aliphatic heterocycles. The van der Waals surface area contributed by atoms with Crippen molar-refractivity contribution >= 4 is 12.0 Å². The minimum absolute atomic E-state index is 0.313. The van der Waals surface area contributed by atoms with Crippen LogP contribution < -0.4 is 10.6 Å². The first kappa shape index (κ1) is 10.1. The summed E-state index contributed by atoms with van der Waals surface area (Å²) in [7, 11) is 1.68. The Morgan fingerprint density at radius 3 is 3.07 bits per heavy atom. The molecule has 0 radical (unpaired) electrons. The van der Waals surface area contributed by atoms with Gasteiger partial charge < -0.3 is 15.4 Å². The van der Waals surface area contributed by atoms with Crippen molar-refractivity contribution in [1.29, 1.82) is 0 Å². The monoisotopic (exact) mass is 208 g/mol. The second-order valence-corrected chi connectivity index (χ2v) is 3.60. The van der Waals surface area contributed by atoms with Crippen LogP contribution in [0.1, 0.15) is 17.2 Å². The van der Waals surface area contributed by atoms with Gasteiger partial charge in [0.1, 0.15) is 12.1 Å². The predicted molar refractivity (Wildman–Crippen MR) is 56.5 cm³/mol. The van der Waals surface area contributed by atoms with E-state index in [0.29, 0.717) is 5.69 Å². The molecule has 3 nitrogen and oxygen atoms in total. The van der Waals surface area contributed by atoms with Crippen molar-refractivity contribution in [1.82, 2.24) is 5.32 Å². The zero-order valence-electron chi connectivity index (χ0n) is 8.51. The third-order valence-corrected chi connectivity index (χ3v) is 2.73. The van der Waals surface area contributed by atoms with Crippen LogP contribution in [0.5, 0.6) is 0 Å². The quantitative estimate of drug-likeness (QED) is 0.719. The van der Waals surface area contributed by atoms with Crippen LogP contribution in [0.4, 0.5) is 10.1 Å². The summed E-state index contributed by atoms with van der Waals surface area (Å²) in [6.07, 6.45) is 1.64. The molecule has 0 bridgehead atoms. The highest BCUT2D eigenvalue weighted by atomic mass is 19.1. The zero-order chi connectivity index (χ0) is 10.8. The summed E-state index contributed by atoms with van der Waals surface area (Å²) in [5.74, 6) is -0.313. The molecule has 2 N–H and O–H groups in total. The summed E-state index contributed by atoms with van der Waals surface area (Å²) < 4.78 is 13.5. The van der Waals surface area contributed by atoms with Crippen molar-refractivity contribution < 1.29 is 9.18 Å². The molecule has 1 atom stereocenters. The van der Waals surface area contributed by atoms with E-state index in [-0.39, 0.29) is 11.9 Å². The summed E-state index contributed by atoms with van der Waals surface area (Å²) in [4.78, 5) is 10.8. The van der Waals surface area contributed by atoms with Crippen molar-refractivity contribution in [3.05, 3.63) is 29.1 Å². The molecule has 1 heterocycles. The maximum Gasteiger partial charge on any atom is 0.146 e. The molecule has 0 amide bonds. The molecule has 4 heteroatoms.